The Kier molecular flexibility index (Phi) is 6.69. The zero-order valence-corrected chi connectivity index (χ0v) is 20.0. The van der Waals surface area contributed by atoms with Gasteiger partial charge >= 0.3 is 5.97 Å². The maximum atomic E-state index is 14.1. The van der Waals surface area contributed by atoms with Gasteiger partial charge in [-0.15, -0.1) is 0 Å². The Morgan fingerprint density at radius 1 is 0.853 bits per heavy atom. The summed E-state index contributed by atoms with van der Waals surface area (Å²) < 4.78 is 5.96. The van der Waals surface area contributed by atoms with Crippen molar-refractivity contribution < 1.29 is 14.3 Å². The van der Waals surface area contributed by atoms with E-state index in [2.05, 4.69) is 0 Å². The highest BCUT2D eigenvalue weighted by atomic mass is 16.6. The molecule has 3 aromatic carbocycles. The van der Waals surface area contributed by atoms with Gasteiger partial charge in [0.1, 0.15) is 5.54 Å². The molecule has 4 rings (SSSR count). The Bertz CT molecular complexity index is 1160. The fourth-order valence-corrected chi connectivity index (χ4v) is 4.69. The normalized spacial score (nSPS) is 23.7. The molecule has 0 spiro atoms. The van der Waals surface area contributed by atoms with Crippen molar-refractivity contribution in [3.8, 4) is 0 Å². The van der Waals surface area contributed by atoms with E-state index in [1.165, 1.54) is 0 Å². The summed E-state index contributed by atoms with van der Waals surface area (Å²) >= 11 is 0. The zero-order valence-electron chi connectivity index (χ0n) is 20.0. The highest BCUT2D eigenvalue weighted by Gasteiger charge is 2.57. The van der Waals surface area contributed by atoms with E-state index < -0.39 is 11.1 Å². The van der Waals surface area contributed by atoms with E-state index in [1.54, 1.807) is 11.8 Å². The average Bonchev–Trinajstić information content (AvgIpc) is 2.85. The van der Waals surface area contributed by atoms with Crippen molar-refractivity contribution >= 4 is 18.0 Å². The minimum atomic E-state index is -1.27. The molecule has 1 saturated heterocycles. The maximum absolute atomic E-state index is 14.1. The third-order valence-electron chi connectivity index (χ3n) is 6.64. The van der Waals surface area contributed by atoms with Crippen LogP contribution in [0.25, 0.3) is 6.08 Å². The van der Waals surface area contributed by atoms with Crippen LogP contribution in [0.2, 0.25) is 0 Å². The molecule has 174 valence electrons. The molecule has 1 aliphatic rings. The Labute approximate surface area is 201 Å². The monoisotopic (exact) mass is 453 g/mol. The van der Waals surface area contributed by atoms with Gasteiger partial charge in [0.25, 0.3) is 5.91 Å². The van der Waals surface area contributed by atoms with Gasteiger partial charge in [0.2, 0.25) is 0 Å². The predicted molar refractivity (Wildman–Crippen MR) is 135 cm³/mol. The summed E-state index contributed by atoms with van der Waals surface area (Å²) in [6, 6.07) is 29.1. The SMILES string of the molecule is C[C@@H](c1ccccc1)N1C(=O)[C@](C)(Cc2ccccc2)OC(=O)[C@]1(C)C/C=C/c1ccccc1. The number of esters is 1. The molecule has 0 radical (unpaired) electrons. The number of carbonyl (C=O) groups excluding carboxylic acids is 2. The molecule has 3 atom stereocenters. The van der Waals surface area contributed by atoms with E-state index >= 15 is 0 Å². The zero-order chi connectivity index (χ0) is 24.2. The highest BCUT2D eigenvalue weighted by molar-refractivity contribution is 5.98. The minimum absolute atomic E-state index is 0.178. The van der Waals surface area contributed by atoms with Gasteiger partial charge in [0.15, 0.2) is 5.60 Å². The molecule has 0 N–H and O–H groups in total. The first-order valence-electron chi connectivity index (χ1n) is 11.7. The van der Waals surface area contributed by atoms with Crippen molar-refractivity contribution in [1.29, 1.82) is 0 Å². The Balaban J connectivity index is 1.70. The van der Waals surface area contributed by atoms with Gasteiger partial charge in [-0.2, -0.15) is 0 Å². The van der Waals surface area contributed by atoms with Gasteiger partial charge in [-0.05, 0) is 43.9 Å². The Morgan fingerprint density at radius 3 is 2.03 bits per heavy atom. The lowest BCUT2D eigenvalue weighted by atomic mass is 9.83. The first-order chi connectivity index (χ1) is 16.3. The summed E-state index contributed by atoms with van der Waals surface area (Å²) in [5.41, 5.74) is 0.563. The molecule has 4 heteroatoms. The maximum Gasteiger partial charge on any atom is 0.333 e. The molecule has 0 saturated carbocycles. The number of ether oxygens (including phenoxy) is 1. The standard InChI is InChI=1S/C30H31NO3/c1-23(26-19-11-6-12-20-26)31-27(32)30(3,22-25-16-9-5-10-17-25)34-28(33)29(31,2)21-13-18-24-14-7-4-8-15-24/h4-20,23H,21-22H2,1-3H3/b18-13+/t23-,29-,30-/m0/s1. The van der Waals surface area contributed by atoms with Gasteiger partial charge in [0, 0.05) is 6.42 Å². The van der Waals surface area contributed by atoms with Crippen molar-refractivity contribution in [2.24, 2.45) is 0 Å². The van der Waals surface area contributed by atoms with Crippen molar-refractivity contribution in [1.82, 2.24) is 4.90 Å². The van der Waals surface area contributed by atoms with Crippen LogP contribution in [0.1, 0.15) is 49.9 Å². The summed E-state index contributed by atoms with van der Waals surface area (Å²) in [5.74, 6) is -0.561. The van der Waals surface area contributed by atoms with Crippen LogP contribution in [0.5, 0.6) is 0 Å². The second-order valence-electron chi connectivity index (χ2n) is 9.34. The van der Waals surface area contributed by atoms with Gasteiger partial charge in [-0.1, -0.05) is 103 Å². The van der Waals surface area contributed by atoms with Crippen LogP contribution in [-0.4, -0.2) is 27.9 Å². The van der Waals surface area contributed by atoms with Gasteiger partial charge < -0.3 is 9.64 Å². The molecule has 3 aromatic rings. The van der Waals surface area contributed by atoms with Crippen molar-refractivity contribution in [2.75, 3.05) is 0 Å². The largest absolute Gasteiger partial charge is 0.447 e. The number of hydrogen-bond acceptors (Lipinski definition) is 3. The number of carbonyl (C=O) groups is 2. The van der Waals surface area contributed by atoms with E-state index in [9.17, 15) is 9.59 Å². The number of nitrogens with zero attached hydrogens (tertiary/aromatic N) is 1. The van der Waals surface area contributed by atoms with E-state index in [0.29, 0.717) is 12.8 Å². The lowest BCUT2D eigenvalue weighted by molar-refractivity contribution is -0.203. The molecule has 1 aliphatic heterocycles. The summed E-state index contributed by atoms with van der Waals surface area (Å²) in [5, 5.41) is 0. The number of hydrogen-bond donors (Lipinski definition) is 0. The first kappa shape index (κ1) is 23.5. The van der Waals surface area contributed by atoms with E-state index in [4.69, 9.17) is 4.74 Å². The molecule has 34 heavy (non-hydrogen) atoms. The molecule has 0 bridgehead atoms. The molecule has 4 nitrogen and oxygen atoms in total. The molecule has 1 heterocycles. The number of benzene rings is 3. The molecular formula is C30H31NO3. The van der Waals surface area contributed by atoms with Gasteiger partial charge in [0.05, 0.1) is 6.04 Å². The minimum Gasteiger partial charge on any atom is -0.447 e. The topological polar surface area (TPSA) is 46.6 Å². The molecule has 0 aromatic heterocycles. The number of amides is 1. The van der Waals surface area contributed by atoms with Gasteiger partial charge in [-0.25, -0.2) is 4.79 Å². The number of morpholine rings is 1. The van der Waals surface area contributed by atoms with Crippen LogP contribution in [-0.2, 0) is 20.7 Å². The summed E-state index contributed by atoms with van der Waals surface area (Å²) in [6.07, 6.45) is 4.61. The van der Waals surface area contributed by atoms with Gasteiger partial charge in [-0.3, -0.25) is 4.79 Å². The molecule has 1 amide bonds. The number of rotatable bonds is 7. The van der Waals surface area contributed by atoms with Crippen molar-refractivity contribution in [3.63, 3.8) is 0 Å². The molecule has 1 fully saturated rings. The Morgan fingerprint density at radius 2 is 1.41 bits per heavy atom. The predicted octanol–water partition coefficient (Wildman–Crippen LogP) is 6.00. The van der Waals surface area contributed by atoms with Crippen LogP contribution in [0, 0.1) is 0 Å². The molecule has 0 aliphatic carbocycles. The van der Waals surface area contributed by atoms with Crippen LogP contribution >= 0.6 is 0 Å². The van der Waals surface area contributed by atoms with E-state index in [1.807, 2.05) is 117 Å². The van der Waals surface area contributed by atoms with Crippen LogP contribution in [0.15, 0.2) is 97.1 Å². The third-order valence-corrected chi connectivity index (χ3v) is 6.64. The lowest BCUT2D eigenvalue weighted by Crippen LogP contribution is -2.68. The van der Waals surface area contributed by atoms with Crippen LogP contribution < -0.4 is 0 Å². The van der Waals surface area contributed by atoms with Crippen LogP contribution in [0.3, 0.4) is 0 Å². The molecular weight excluding hydrogens is 422 g/mol. The quantitative estimate of drug-likeness (QED) is 0.413. The summed E-state index contributed by atoms with van der Waals surface area (Å²) in [4.78, 5) is 29.4. The lowest BCUT2D eigenvalue weighted by Gasteiger charge is -2.51. The fourth-order valence-electron chi connectivity index (χ4n) is 4.69. The Hall–Kier alpha value is -3.66. The second-order valence-corrected chi connectivity index (χ2v) is 9.34. The molecule has 0 unspecified atom stereocenters. The third kappa shape index (κ3) is 4.67. The average molecular weight is 454 g/mol. The fraction of sp³-hybridized carbons (Fsp3) is 0.267. The van der Waals surface area contributed by atoms with Crippen LogP contribution in [0.4, 0.5) is 0 Å². The second kappa shape index (κ2) is 9.68. The van der Waals surface area contributed by atoms with Crippen molar-refractivity contribution in [3.05, 3.63) is 114 Å². The van der Waals surface area contributed by atoms with Crippen molar-refractivity contribution in [2.45, 2.75) is 50.8 Å². The summed E-state index contributed by atoms with van der Waals surface area (Å²) in [6.45, 7) is 5.52. The van der Waals surface area contributed by atoms with E-state index in [-0.39, 0.29) is 17.9 Å². The number of cyclic esters (lactones) is 1. The summed E-state index contributed by atoms with van der Waals surface area (Å²) in [7, 11) is 0. The highest BCUT2D eigenvalue weighted by Crippen LogP contribution is 2.40. The smallest absolute Gasteiger partial charge is 0.333 e. The first-order valence-corrected chi connectivity index (χ1v) is 11.7. The van der Waals surface area contributed by atoms with E-state index in [0.717, 1.165) is 16.7 Å².